The maximum absolute atomic E-state index is 12.3. The van der Waals surface area contributed by atoms with Crippen LogP contribution in [0, 0.1) is 16.0 Å². The van der Waals surface area contributed by atoms with E-state index < -0.39 is 4.92 Å². The molecule has 0 aromatic heterocycles. The van der Waals surface area contributed by atoms with Crippen LogP contribution in [0.5, 0.6) is 0 Å². The third-order valence-corrected chi connectivity index (χ3v) is 5.43. The summed E-state index contributed by atoms with van der Waals surface area (Å²) < 4.78 is 0. The first kappa shape index (κ1) is 19.7. The average molecular weight is 365 g/mol. The number of nitrogens with zero attached hydrogens (tertiary/aromatic N) is 2. The lowest BCUT2D eigenvalue weighted by atomic mass is 9.99. The highest BCUT2D eigenvalue weighted by Crippen LogP contribution is 2.24. The Bertz CT molecular complexity index is 601. The number of thioether (sulfide) groups is 1. The maximum atomic E-state index is 12.3. The summed E-state index contributed by atoms with van der Waals surface area (Å²) in [6.45, 7) is 6.24. The zero-order valence-electron chi connectivity index (χ0n) is 15.0. The molecule has 0 unspecified atom stereocenters. The topological polar surface area (TPSA) is 75.5 Å². The highest BCUT2D eigenvalue weighted by molar-refractivity contribution is 7.98. The van der Waals surface area contributed by atoms with E-state index >= 15 is 0 Å². The largest absolute Gasteiger partial charge is 0.352 e. The molecule has 0 radical (unpaired) electrons. The van der Waals surface area contributed by atoms with Gasteiger partial charge < -0.3 is 10.2 Å². The molecule has 0 spiro atoms. The highest BCUT2D eigenvalue weighted by atomic mass is 32.2. The minimum Gasteiger partial charge on any atom is -0.352 e. The molecule has 1 heterocycles. The van der Waals surface area contributed by atoms with E-state index in [-0.39, 0.29) is 17.2 Å². The second-order valence-corrected chi connectivity index (χ2v) is 7.51. The molecule has 1 amide bonds. The minimum absolute atomic E-state index is 0.141. The number of carbonyl (C=O) groups is 1. The van der Waals surface area contributed by atoms with Crippen LogP contribution >= 0.6 is 11.8 Å². The van der Waals surface area contributed by atoms with Gasteiger partial charge >= 0.3 is 0 Å². The Kier molecular flexibility index (Phi) is 7.71. The van der Waals surface area contributed by atoms with Crippen LogP contribution < -0.4 is 5.32 Å². The van der Waals surface area contributed by atoms with Crippen molar-refractivity contribution in [2.45, 2.75) is 37.5 Å². The van der Waals surface area contributed by atoms with Crippen molar-refractivity contribution in [1.82, 2.24) is 10.2 Å². The van der Waals surface area contributed by atoms with Crippen molar-refractivity contribution in [2.75, 3.05) is 32.4 Å². The van der Waals surface area contributed by atoms with E-state index in [0.29, 0.717) is 6.54 Å². The van der Waals surface area contributed by atoms with Gasteiger partial charge in [0.1, 0.15) is 5.56 Å². The Balaban J connectivity index is 1.77. The lowest BCUT2D eigenvalue weighted by molar-refractivity contribution is -0.385. The maximum Gasteiger partial charge on any atom is 0.282 e. The van der Waals surface area contributed by atoms with E-state index in [1.807, 2.05) is 6.26 Å². The normalized spacial score (nSPS) is 15.9. The van der Waals surface area contributed by atoms with Crippen LogP contribution in [0.25, 0.3) is 0 Å². The van der Waals surface area contributed by atoms with Crippen LogP contribution in [0.1, 0.15) is 43.0 Å². The van der Waals surface area contributed by atoms with Crippen LogP contribution in [0.15, 0.2) is 23.1 Å². The average Bonchev–Trinajstić information content (AvgIpc) is 2.62. The molecule has 0 saturated carbocycles. The third-order valence-electron chi connectivity index (χ3n) is 4.71. The van der Waals surface area contributed by atoms with Crippen molar-refractivity contribution in [2.24, 2.45) is 5.92 Å². The van der Waals surface area contributed by atoms with Gasteiger partial charge in [-0.2, -0.15) is 0 Å². The molecule has 6 nitrogen and oxygen atoms in total. The summed E-state index contributed by atoms with van der Waals surface area (Å²) in [5, 5.41) is 13.9. The van der Waals surface area contributed by atoms with Gasteiger partial charge in [-0.25, -0.2) is 0 Å². The molecule has 25 heavy (non-hydrogen) atoms. The number of rotatable bonds is 8. The van der Waals surface area contributed by atoms with Crippen molar-refractivity contribution in [3.8, 4) is 0 Å². The Hall–Kier alpha value is -1.60. The fourth-order valence-corrected chi connectivity index (χ4v) is 3.47. The number of nitro groups is 1. The van der Waals surface area contributed by atoms with Crippen molar-refractivity contribution < 1.29 is 9.72 Å². The molecule has 0 bridgehead atoms. The summed E-state index contributed by atoms with van der Waals surface area (Å²) in [5.41, 5.74) is -0.000366. The number of amides is 1. The van der Waals surface area contributed by atoms with Crippen molar-refractivity contribution >= 4 is 23.4 Å². The first-order valence-electron chi connectivity index (χ1n) is 8.84. The molecule has 1 aromatic carbocycles. The Morgan fingerprint density at radius 3 is 2.72 bits per heavy atom. The van der Waals surface area contributed by atoms with Crippen LogP contribution in [0.4, 0.5) is 5.69 Å². The first-order chi connectivity index (χ1) is 12.0. The van der Waals surface area contributed by atoms with Crippen LogP contribution in [-0.2, 0) is 0 Å². The third kappa shape index (κ3) is 6.01. The Morgan fingerprint density at radius 2 is 2.08 bits per heavy atom. The van der Waals surface area contributed by atoms with E-state index in [9.17, 15) is 14.9 Å². The molecule has 1 N–H and O–H groups in total. The molecule has 1 aliphatic heterocycles. The quantitative estimate of drug-likeness (QED) is 0.330. The summed E-state index contributed by atoms with van der Waals surface area (Å²) in [4.78, 5) is 26.2. The summed E-state index contributed by atoms with van der Waals surface area (Å²) in [5.74, 6) is 0.470. The fourth-order valence-electron chi connectivity index (χ4n) is 3.03. The van der Waals surface area contributed by atoms with E-state index in [4.69, 9.17) is 0 Å². The van der Waals surface area contributed by atoms with Crippen molar-refractivity contribution in [1.29, 1.82) is 0 Å². The number of likely N-dealkylation sites (tertiary alicyclic amines) is 1. The Labute approximate surface area is 153 Å². The number of nitrogens with one attached hydrogen (secondary N) is 1. The predicted octanol–water partition coefficient (Wildman–Crippen LogP) is 3.56. The summed E-state index contributed by atoms with van der Waals surface area (Å²) in [6.07, 6.45) is 6.33. The lowest BCUT2D eigenvalue weighted by Gasteiger charge is -2.30. The first-order valence-corrected chi connectivity index (χ1v) is 10.1. The lowest BCUT2D eigenvalue weighted by Crippen LogP contribution is -2.34. The van der Waals surface area contributed by atoms with Crippen LogP contribution in [0.3, 0.4) is 0 Å². The molecule has 2 rings (SSSR count). The highest BCUT2D eigenvalue weighted by Gasteiger charge is 2.20. The van der Waals surface area contributed by atoms with Crippen molar-refractivity contribution in [3.63, 3.8) is 0 Å². The van der Waals surface area contributed by atoms with Gasteiger partial charge in [0.15, 0.2) is 0 Å². The van der Waals surface area contributed by atoms with E-state index in [1.165, 1.54) is 43.8 Å². The zero-order valence-corrected chi connectivity index (χ0v) is 15.8. The van der Waals surface area contributed by atoms with Gasteiger partial charge in [0, 0.05) is 17.5 Å². The Morgan fingerprint density at radius 1 is 1.36 bits per heavy atom. The van der Waals surface area contributed by atoms with Gasteiger partial charge in [0.2, 0.25) is 0 Å². The molecule has 0 atom stereocenters. The van der Waals surface area contributed by atoms with E-state index in [1.54, 1.807) is 12.1 Å². The number of benzene rings is 1. The van der Waals surface area contributed by atoms with Crippen LogP contribution in [0.2, 0.25) is 0 Å². The fraction of sp³-hybridized carbons (Fsp3) is 0.611. The number of piperidine rings is 1. The van der Waals surface area contributed by atoms with Gasteiger partial charge in [0.25, 0.3) is 11.6 Å². The van der Waals surface area contributed by atoms with Gasteiger partial charge in [-0.05, 0) is 69.6 Å². The number of carbonyl (C=O) groups excluding carboxylic acids is 1. The van der Waals surface area contributed by atoms with Gasteiger partial charge in [-0.3, -0.25) is 14.9 Å². The number of unbranched alkanes of at least 4 members (excludes halogenated alkanes) is 1. The van der Waals surface area contributed by atoms with E-state index in [0.717, 1.165) is 30.2 Å². The van der Waals surface area contributed by atoms with Crippen LogP contribution in [-0.4, -0.2) is 48.2 Å². The number of nitro benzene ring substituents is 1. The van der Waals surface area contributed by atoms with Gasteiger partial charge in [-0.1, -0.05) is 6.92 Å². The molecule has 1 fully saturated rings. The minimum atomic E-state index is -0.504. The number of hydrogen-bond acceptors (Lipinski definition) is 5. The molecule has 1 aliphatic rings. The molecule has 0 aliphatic carbocycles. The summed E-state index contributed by atoms with van der Waals surface area (Å²) >= 11 is 1.46. The smallest absolute Gasteiger partial charge is 0.282 e. The molecule has 1 saturated heterocycles. The predicted molar refractivity (Wildman–Crippen MR) is 101 cm³/mol. The molecule has 138 valence electrons. The monoisotopic (exact) mass is 365 g/mol. The van der Waals surface area contributed by atoms with E-state index in [2.05, 4.69) is 17.1 Å². The molecular weight excluding hydrogens is 338 g/mol. The summed E-state index contributed by atoms with van der Waals surface area (Å²) in [6, 6.07) is 4.66. The standard InChI is InChI=1S/C18H27N3O3S/c1-14-7-11-20(12-8-14)10-4-3-9-19-18(22)16-13-15(25-2)5-6-17(16)21(23)24/h5-6,13-14H,3-4,7-12H2,1-2H3,(H,19,22). The van der Waals surface area contributed by atoms with Crippen molar-refractivity contribution in [3.05, 3.63) is 33.9 Å². The second kappa shape index (κ2) is 9.77. The summed E-state index contributed by atoms with van der Waals surface area (Å²) in [7, 11) is 0. The SMILES string of the molecule is CSc1ccc([N+](=O)[O-])c(C(=O)NCCCCN2CCC(C)CC2)c1. The number of hydrogen-bond donors (Lipinski definition) is 1. The molecule has 1 aromatic rings. The van der Waals surface area contributed by atoms with Gasteiger partial charge in [-0.15, -0.1) is 11.8 Å². The van der Waals surface area contributed by atoms with Gasteiger partial charge in [0.05, 0.1) is 4.92 Å². The second-order valence-electron chi connectivity index (χ2n) is 6.63. The zero-order chi connectivity index (χ0) is 18.2. The molecular formula is C18H27N3O3S. The molecule has 7 heteroatoms.